The number of rotatable bonds is 12. The Kier molecular flexibility index (Phi) is 10.6. The number of ether oxygens (including phenoxy) is 2. The first-order valence-corrected chi connectivity index (χ1v) is 13.6. The lowest BCUT2D eigenvalue weighted by Crippen LogP contribution is -2.09. The van der Waals surface area contributed by atoms with Gasteiger partial charge in [0.15, 0.2) is 0 Å². The normalized spacial score (nSPS) is 10.6. The van der Waals surface area contributed by atoms with Crippen molar-refractivity contribution in [1.82, 2.24) is 0 Å². The van der Waals surface area contributed by atoms with E-state index in [1.165, 1.54) is 25.7 Å². The van der Waals surface area contributed by atoms with Crippen LogP contribution in [0.5, 0.6) is 11.5 Å². The molecule has 34 heavy (non-hydrogen) atoms. The summed E-state index contributed by atoms with van der Waals surface area (Å²) in [6.45, 7) is 4.34. The highest BCUT2D eigenvalue weighted by Gasteiger charge is 2.11. The van der Waals surface area contributed by atoms with Crippen molar-refractivity contribution >= 4 is 35.5 Å². The fourth-order valence-corrected chi connectivity index (χ4v) is 4.95. The van der Waals surface area contributed by atoms with Gasteiger partial charge in [0.25, 0.3) is 0 Å². The molecule has 0 amide bonds. The lowest BCUT2D eigenvalue weighted by atomic mass is 10.2. The Hall–Kier alpha value is -2.70. The summed E-state index contributed by atoms with van der Waals surface area (Å²) in [5.74, 6) is 2.07. The molecule has 4 nitrogen and oxygen atoms in total. The minimum atomic E-state index is -0.424. The molecule has 0 spiro atoms. The molecule has 3 aromatic rings. The van der Waals surface area contributed by atoms with Crippen molar-refractivity contribution in [3.8, 4) is 11.5 Å². The summed E-state index contributed by atoms with van der Waals surface area (Å²) in [5, 5.41) is 0. The van der Waals surface area contributed by atoms with Gasteiger partial charge in [-0.2, -0.15) is 0 Å². The summed E-state index contributed by atoms with van der Waals surface area (Å²) in [7, 11) is 0. The summed E-state index contributed by atoms with van der Waals surface area (Å²) in [5.41, 5.74) is 0.985. The quantitative estimate of drug-likeness (QED) is 0.110. The summed E-state index contributed by atoms with van der Waals surface area (Å²) in [4.78, 5) is 27.1. The maximum atomic E-state index is 12.4. The second-order valence-corrected chi connectivity index (χ2v) is 10.0. The van der Waals surface area contributed by atoms with E-state index >= 15 is 0 Å². The molecule has 0 aliphatic carbocycles. The number of carbonyl (C=O) groups excluding carboxylic acids is 2. The molecule has 0 saturated heterocycles. The minimum Gasteiger partial charge on any atom is -0.423 e. The van der Waals surface area contributed by atoms with Crippen LogP contribution in [-0.2, 0) is 0 Å². The molecule has 0 fully saturated rings. The van der Waals surface area contributed by atoms with Crippen molar-refractivity contribution in [3.63, 3.8) is 0 Å². The van der Waals surface area contributed by atoms with E-state index in [0.29, 0.717) is 22.6 Å². The molecule has 0 aliphatic rings. The molecule has 0 aromatic heterocycles. The molecular weight excluding hydrogens is 464 g/mol. The third-order valence-electron chi connectivity index (χ3n) is 4.96. The molecule has 0 saturated carbocycles. The van der Waals surface area contributed by atoms with E-state index in [1.54, 1.807) is 72.1 Å². The van der Waals surface area contributed by atoms with E-state index in [1.807, 2.05) is 24.3 Å². The van der Waals surface area contributed by atoms with Gasteiger partial charge in [-0.3, -0.25) is 0 Å². The number of benzene rings is 3. The van der Waals surface area contributed by atoms with Crippen molar-refractivity contribution in [2.45, 2.75) is 49.3 Å². The van der Waals surface area contributed by atoms with Crippen LogP contribution in [0, 0.1) is 0 Å². The van der Waals surface area contributed by atoms with Crippen LogP contribution < -0.4 is 9.47 Å². The first-order chi connectivity index (χ1) is 16.6. The second-order valence-electron chi connectivity index (χ2n) is 7.70. The molecule has 0 atom stereocenters. The van der Waals surface area contributed by atoms with Crippen molar-refractivity contribution in [1.29, 1.82) is 0 Å². The van der Waals surface area contributed by atoms with Crippen molar-refractivity contribution in [3.05, 3.63) is 83.9 Å². The number of hydrogen-bond acceptors (Lipinski definition) is 6. The molecule has 0 N–H and O–H groups in total. The molecule has 0 bridgehead atoms. The number of esters is 2. The summed E-state index contributed by atoms with van der Waals surface area (Å²) in [6, 6.07) is 21.3. The van der Waals surface area contributed by atoms with Crippen LogP contribution in [-0.4, -0.2) is 23.4 Å². The maximum Gasteiger partial charge on any atom is 0.343 e. The average molecular weight is 495 g/mol. The topological polar surface area (TPSA) is 52.6 Å². The van der Waals surface area contributed by atoms with E-state index in [4.69, 9.17) is 9.47 Å². The Labute approximate surface area is 210 Å². The molecular formula is C28H30O4S2. The van der Waals surface area contributed by atoms with Gasteiger partial charge in [-0.25, -0.2) is 9.59 Å². The molecule has 3 rings (SSSR count). The molecule has 0 aliphatic heterocycles. The van der Waals surface area contributed by atoms with Crippen molar-refractivity contribution in [2.75, 3.05) is 11.5 Å². The monoisotopic (exact) mass is 494 g/mol. The van der Waals surface area contributed by atoms with E-state index < -0.39 is 11.9 Å². The Bertz CT molecular complexity index is 959. The number of carbonyl (C=O) groups is 2. The van der Waals surface area contributed by atoms with Gasteiger partial charge in [0.1, 0.15) is 11.5 Å². The third-order valence-corrected chi connectivity index (χ3v) is 7.15. The molecule has 0 heterocycles. The summed E-state index contributed by atoms with van der Waals surface area (Å²) >= 11 is 3.57. The van der Waals surface area contributed by atoms with Crippen molar-refractivity contribution < 1.29 is 19.1 Å². The van der Waals surface area contributed by atoms with Gasteiger partial charge in [0.2, 0.25) is 0 Å². The fourth-order valence-electron chi connectivity index (χ4n) is 2.95. The first-order valence-electron chi connectivity index (χ1n) is 11.6. The summed E-state index contributed by atoms with van der Waals surface area (Å²) < 4.78 is 10.9. The first kappa shape index (κ1) is 25.9. The number of unbranched alkanes of at least 4 members (excludes halogenated alkanes) is 2. The SMILES string of the molecule is CCCCSc1ccc(C(=O)Oc2ccc(OC(=O)c3ccc(SCCCC)cc3)cc2)cc1. The van der Waals surface area contributed by atoms with Gasteiger partial charge in [0.05, 0.1) is 11.1 Å². The van der Waals surface area contributed by atoms with Crippen molar-refractivity contribution in [2.24, 2.45) is 0 Å². The van der Waals surface area contributed by atoms with E-state index in [0.717, 1.165) is 21.3 Å². The molecule has 6 heteroatoms. The number of thioether (sulfide) groups is 2. The zero-order chi connectivity index (χ0) is 24.2. The average Bonchev–Trinajstić information content (AvgIpc) is 2.86. The zero-order valence-corrected chi connectivity index (χ0v) is 21.3. The van der Waals surface area contributed by atoms with Gasteiger partial charge >= 0.3 is 11.9 Å². The Morgan fingerprint density at radius 1 is 0.588 bits per heavy atom. The van der Waals surface area contributed by atoms with E-state index in [-0.39, 0.29) is 0 Å². The highest BCUT2D eigenvalue weighted by atomic mass is 32.2. The lowest BCUT2D eigenvalue weighted by molar-refractivity contribution is 0.0719. The van der Waals surface area contributed by atoms with Crippen LogP contribution >= 0.6 is 23.5 Å². The van der Waals surface area contributed by atoms with Crippen LogP contribution in [0.15, 0.2) is 82.6 Å². The molecule has 0 radical (unpaired) electrons. The van der Waals surface area contributed by atoms with Gasteiger partial charge < -0.3 is 9.47 Å². The predicted octanol–water partition coefficient (Wildman–Crippen LogP) is 7.91. The van der Waals surface area contributed by atoms with E-state index in [2.05, 4.69) is 13.8 Å². The maximum absolute atomic E-state index is 12.4. The Morgan fingerprint density at radius 2 is 0.941 bits per heavy atom. The van der Waals surface area contributed by atoms with Gasteiger partial charge in [0, 0.05) is 9.79 Å². The third kappa shape index (κ3) is 8.26. The Balaban J connectivity index is 1.50. The largest absolute Gasteiger partial charge is 0.423 e. The minimum absolute atomic E-state index is 0.389. The Morgan fingerprint density at radius 3 is 1.26 bits per heavy atom. The van der Waals surface area contributed by atoms with Crippen LogP contribution in [0.25, 0.3) is 0 Å². The van der Waals surface area contributed by atoms with Crippen LogP contribution in [0.2, 0.25) is 0 Å². The molecule has 0 unspecified atom stereocenters. The molecule has 178 valence electrons. The zero-order valence-electron chi connectivity index (χ0n) is 19.6. The smallest absolute Gasteiger partial charge is 0.343 e. The van der Waals surface area contributed by atoms with E-state index in [9.17, 15) is 9.59 Å². The second kappa shape index (κ2) is 13.9. The highest BCUT2D eigenvalue weighted by molar-refractivity contribution is 7.99. The van der Waals surface area contributed by atoms with Gasteiger partial charge in [-0.05, 0) is 97.1 Å². The summed E-state index contributed by atoms with van der Waals surface area (Å²) in [6.07, 6.45) is 4.68. The predicted molar refractivity (Wildman–Crippen MR) is 141 cm³/mol. The van der Waals surface area contributed by atoms with Gasteiger partial charge in [-0.15, -0.1) is 23.5 Å². The number of hydrogen-bond donors (Lipinski definition) is 0. The van der Waals surface area contributed by atoms with Crippen LogP contribution in [0.3, 0.4) is 0 Å². The van der Waals surface area contributed by atoms with Crippen LogP contribution in [0.1, 0.15) is 60.2 Å². The van der Waals surface area contributed by atoms with Gasteiger partial charge in [-0.1, -0.05) is 26.7 Å². The highest BCUT2D eigenvalue weighted by Crippen LogP contribution is 2.23. The fraction of sp³-hybridized carbons (Fsp3) is 0.286. The molecule has 3 aromatic carbocycles. The standard InChI is InChI=1S/C28H30O4S2/c1-3-5-19-33-25-15-7-21(8-16-25)27(29)31-23-11-13-24(14-12-23)32-28(30)22-9-17-26(18-10-22)34-20-6-4-2/h7-18H,3-6,19-20H2,1-2H3. The lowest BCUT2D eigenvalue weighted by Gasteiger charge is -2.08. The van der Waals surface area contributed by atoms with Crippen LogP contribution in [0.4, 0.5) is 0 Å².